The van der Waals surface area contributed by atoms with E-state index in [-0.39, 0.29) is 11.7 Å². The predicted octanol–water partition coefficient (Wildman–Crippen LogP) is 2.44. The fourth-order valence-electron chi connectivity index (χ4n) is 1.01. The topological polar surface area (TPSA) is 52.8 Å². The van der Waals surface area contributed by atoms with E-state index in [2.05, 4.69) is 4.99 Å². The number of aliphatic hydroxyl groups is 1. The number of benzene rings is 1. The fourth-order valence-corrected chi connectivity index (χ4v) is 1.24. The summed E-state index contributed by atoms with van der Waals surface area (Å²) in [6.45, 7) is 3.74. The van der Waals surface area contributed by atoms with Crippen molar-refractivity contribution in [2.24, 2.45) is 10.9 Å². The minimum Gasteiger partial charge on any atom is -0.508 e. The summed E-state index contributed by atoms with van der Waals surface area (Å²) in [5.74, 6) is 0.150. The maximum Gasteiger partial charge on any atom is 0.147 e. The van der Waals surface area contributed by atoms with Gasteiger partial charge >= 0.3 is 0 Å². The van der Waals surface area contributed by atoms with Crippen molar-refractivity contribution in [2.75, 3.05) is 0 Å². The number of aliphatic hydroxyl groups excluding tert-OH is 1. The van der Waals surface area contributed by atoms with Crippen LogP contribution in [0.3, 0.4) is 0 Å². The Balaban J connectivity index is 2.80. The van der Waals surface area contributed by atoms with E-state index < -0.39 is 6.23 Å². The highest BCUT2D eigenvalue weighted by Crippen LogP contribution is 2.18. The summed E-state index contributed by atoms with van der Waals surface area (Å²) < 4.78 is 0. The van der Waals surface area contributed by atoms with Gasteiger partial charge in [0.25, 0.3) is 0 Å². The molecular weight excluding hydrogens is 214 g/mol. The van der Waals surface area contributed by atoms with Gasteiger partial charge in [0.15, 0.2) is 0 Å². The summed E-state index contributed by atoms with van der Waals surface area (Å²) in [6, 6.07) is 4.64. The number of phenolic OH excluding ortho intramolecular Hbond substituents is 1. The van der Waals surface area contributed by atoms with Gasteiger partial charge in [-0.3, -0.25) is 4.99 Å². The van der Waals surface area contributed by atoms with Crippen molar-refractivity contribution >= 4 is 17.8 Å². The van der Waals surface area contributed by atoms with Crippen LogP contribution in [0.4, 0.5) is 0 Å². The van der Waals surface area contributed by atoms with Gasteiger partial charge in [0, 0.05) is 11.2 Å². The Kier molecular flexibility index (Phi) is 4.12. The van der Waals surface area contributed by atoms with Gasteiger partial charge in [-0.15, -0.1) is 0 Å². The standard InChI is InChI=1S/C11H14ClNO2/c1-7(2)11(15)13-6-8-3-9(12)5-10(14)4-8/h3-7,11,14-15H,1-2H3. The summed E-state index contributed by atoms with van der Waals surface area (Å²) in [5.41, 5.74) is 0.666. The van der Waals surface area contributed by atoms with Gasteiger partial charge in [-0.05, 0) is 29.7 Å². The molecule has 0 aromatic heterocycles. The Bertz CT molecular complexity index is 343. The van der Waals surface area contributed by atoms with E-state index in [1.165, 1.54) is 18.3 Å². The van der Waals surface area contributed by atoms with E-state index in [9.17, 15) is 10.2 Å². The van der Waals surface area contributed by atoms with Crippen LogP contribution >= 0.6 is 11.6 Å². The van der Waals surface area contributed by atoms with E-state index in [1.54, 1.807) is 6.07 Å². The second-order valence-corrected chi connectivity index (χ2v) is 4.11. The molecule has 0 radical (unpaired) electrons. The van der Waals surface area contributed by atoms with Crippen LogP contribution < -0.4 is 0 Å². The zero-order chi connectivity index (χ0) is 11.4. The van der Waals surface area contributed by atoms with Crippen molar-refractivity contribution in [2.45, 2.75) is 20.1 Å². The molecule has 0 aliphatic heterocycles. The van der Waals surface area contributed by atoms with Crippen molar-refractivity contribution in [1.29, 1.82) is 0 Å². The van der Waals surface area contributed by atoms with E-state index >= 15 is 0 Å². The number of aromatic hydroxyl groups is 1. The van der Waals surface area contributed by atoms with Crippen LogP contribution in [0.1, 0.15) is 19.4 Å². The molecule has 0 aliphatic rings. The van der Waals surface area contributed by atoms with Crippen LogP contribution in [-0.4, -0.2) is 22.7 Å². The van der Waals surface area contributed by atoms with Crippen LogP contribution in [-0.2, 0) is 0 Å². The molecule has 0 amide bonds. The van der Waals surface area contributed by atoms with Crippen molar-refractivity contribution in [3.05, 3.63) is 28.8 Å². The van der Waals surface area contributed by atoms with E-state index in [0.29, 0.717) is 10.6 Å². The zero-order valence-corrected chi connectivity index (χ0v) is 9.44. The summed E-state index contributed by atoms with van der Waals surface area (Å²) >= 11 is 5.74. The molecule has 15 heavy (non-hydrogen) atoms. The SMILES string of the molecule is CC(C)C(O)N=Cc1cc(O)cc(Cl)c1. The lowest BCUT2D eigenvalue weighted by Gasteiger charge is -2.08. The second kappa shape index (κ2) is 5.14. The molecule has 2 N–H and O–H groups in total. The molecule has 1 atom stereocenters. The highest BCUT2D eigenvalue weighted by atomic mass is 35.5. The Labute approximate surface area is 94.0 Å². The van der Waals surface area contributed by atoms with Gasteiger partial charge in [0.1, 0.15) is 12.0 Å². The first-order valence-electron chi connectivity index (χ1n) is 4.70. The molecule has 0 saturated carbocycles. The summed E-state index contributed by atoms with van der Waals surface area (Å²) in [7, 11) is 0. The van der Waals surface area contributed by atoms with E-state index in [1.807, 2.05) is 13.8 Å². The van der Waals surface area contributed by atoms with E-state index in [4.69, 9.17) is 11.6 Å². The van der Waals surface area contributed by atoms with Crippen LogP contribution in [0.25, 0.3) is 0 Å². The highest BCUT2D eigenvalue weighted by molar-refractivity contribution is 6.31. The van der Waals surface area contributed by atoms with Crippen molar-refractivity contribution < 1.29 is 10.2 Å². The van der Waals surface area contributed by atoms with Gasteiger partial charge in [-0.1, -0.05) is 25.4 Å². The third-order valence-electron chi connectivity index (χ3n) is 1.88. The quantitative estimate of drug-likeness (QED) is 0.780. The molecule has 1 unspecified atom stereocenters. The number of aliphatic imine (C=N–C) groups is 1. The predicted molar refractivity (Wildman–Crippen MR) is 61.6 cm³/mol. The lowest BCUT2D eigenvalue weighted by atomic mass is 10.2. The largest absolute Gasteiger partial charge is 0.508 e. The Morgan fingerprint density at radius 3 is 2.53 bits per heavy atom. The summed E-state index contributed by atoms with van der Waals surface area (Å²) in [5, 5.41) is 19.1. The van der Waals surface area contributed by atoms with E-state index in [0.717, 1.165) is 0 Å². The molecule has 0 spiro atoms. The number of halogens is 1. The first-order chi connectivity index (χ1) is 6.99. The number of nitrogens with zero attached hydrogens (tertiary/aromatic N) is 1. The minimum atomic E-state index is -0.730. The lowest BCUT2D eigenvalue weighted by Crippen LogP contribution is -2.11. The molecule has 0 fully saturated rings. The first kappa shape index (κ1) is 12.0. The summed E-state index contributed by atoms with van der Waals surface area (Å²) in [6.07, 6.45) is 0.766. The Hall–Kier alpha value is -1.06. The monoisotopic (exact) mass is 227 g/mol. The number of rotatable bonds is 3. The fraction of sp³-hybridized carbons (Fsp3) is 0.364. The number of hydrogen-bond acceptors (Lipinski definition) is 3. The maximum atomic E-state index is 9.43. The average Bonchev–Trinajstić information content (AvgIpc) is 2.12. The average molecular weight is 228 g/mol. The minimum absolute atomic E-state index is 0.0639. The van der Waals surface area contributed by atoms with Crippen LogP contribution in [0.5, 0.6) is 5.75 Å². The third kappa shape index (κ3) is 3.90. The Morgan fingerprint density at radius 1 is 1.33 bits per heavy atom. The molecular formula is C11H14ClNO2. The van der Waals surface area contributed by atoms with Gasteiger partial charge in [0.05, 0.1) is 0 Å². The molecule has 0 saturated heterocycles. The van der Waals surface area contributed by atoms with Crippen molar-refractivity contribution in [3.63, 3.8) is 0 Å². The van der Waals surface area contributed by atoms with Crippen molar-refractivity contribution in [1.82, 2.24) is 0 Å². The molecule has 3 nitrogen and oxygen atoms in total. The molecule has 0 aliphatic carbocycles. The molecule has 1 rings (SSSR count). The lowest BCUT2D eigenvalue weighted by molar-refractivity contribution is 0.135. The van der Waals surface area contributed by atoms with Gasteiger partial charge in [-0.25, -0.2) is 0 Å². The second-order valence-electron chi connectivity index (χ2n) is 3.68. The van der Waals surface area contributed by atoms with Crippen molar-refractivity contribution in [3.8, 4) is 5.75 Å². The zero-order valence-electron chi connectivity index (χ0n) is 8.68. The molecule has 4 heteroatoms. The van der Waals surface area contributed by atoms with Crippen LogP contribution in [0.15, 0.2) is 23.2 Å². The van der Waals surface area contributed by atoms with Gasteiger partial charge < -0.3 is 10.2 Å². The highest BCUT2D eigenvalue weighted by Gasteiger charge is 2.05. The molecule has 82 valence electrons. The number of hydrogen-bond donors (Lipinski definition) is 2. The normalized spacial score (nSPS) is 13.7. The molecule has 0 bridgehead atoms. The van der Waals surface area contributed by atoms with Crippen LogP contribution in [0.2, 0.25) is 5.02 Å². The third-order valence-corrected chi connectivity index (χ3v) is 2.10. The summed E-state index contributed by atoms with van der Waals surface area (Å²) in [4.78, 5) is 3.94. The first-order valence-corrected chi connectivity index (χ1v) is 5.07. The molecule has 0 heterocycles. The molecule has 1 aromatic rings. The maximum absolute atomic E-state index is 9.43. The molecule has 1 aromatic carbocycles. The van der Waals surface area contributed by atoms with Gasteiger partial charge in [-0.2, -0.15) is 0 Å². The van der Waals surface area contributed by atoms with Gasteiger partial charge in [0.2, 0.25) is 0 Å². The number of phenols is 1. The smallest absolute Gasteiger partial charge is 0.147 e. The Morgan fingerprint density at radius 2 is 2.00 bits per heavy atom. The van der Waals surface area contributed by atoms with Crippen LogP contribution in [0, 0.1) is 5.92 Å².